The molecule has 1 aliphatic heterocycles. The van der Waals surface area contributed by atoms with Gasteiger partial charge in [0.25, 0.3) is 0 Å². The second kappa shape index (κ2) is 6.35. The molecule has 1 saturated heterocycles. The minimum Gasteiger partial charge on any atom is -0.481 e. The second-order valence-electron chi connectivity index (χ2n) is 4.96. The van der Waals surface area contributed by atoms with Gasteiger partial charge in [-0.1, -0.05) is 0 Å². The maximum absolute atomic E-state index is 11.5. The zero-order chi connectivity index (χ0) is 13.9. The number of halogens is 1. The molecule has 0 unspecified atom stereocenters. The summed E-state index contributed by atoms with van der Waals surface area (Å²) in [5, 5.41) is 12.7. The first kappa shape index (κ1) is 15.0. The summed E-state index contributed by atoms with van der Waals surface area (Å²) in [6.45, 7) is 4.37. The van der Waals surface area contributed by atoms with Gasteiger partial charge in [0, 0.05) is 31.2 Å². The van der Waals surface area contributed by atoms with Gasteiger partial charge >= 0.3 is 5.97 Å². The number of carboxylic acid groups (broad SMARTS) is 1. The van der Waals surface area contributed by atoms with Gasteiger partial charge in [-0.25, -0.2) is 0 Å². The van der Waals surface area contributed by atoms with Crippen LogP contribution in [0.15, 0.2) is 9.85 Å². The van der Waals surface area contributed by atoms with E-state index in [9.17, 15) is 9.90 Å². The van der Waals surface area contributed by atoms with E-state index in [0.29, 0.717) is 32.6 Å². The minimum absolute atomic E-state index is 0.501. The molecule has 0 atom stereocenters. The first-order chi connectivity index (χ1) is 9.03. The number of aryl methyl sites for hydroxylation is 1. The highest BCUT2D eigenvalue weighted by Gasteiger charge is 2.39. The van der Waals surface area contributed by atoms with Crippen molar-refractivity contribution in [2.24, 2.45) is 5.41 Å². The van der Waals surface area contributed by atoms with E-state index in [1.165, 1.54) is 10.4 Å². The average Bonchev–Trinajstić information content (AvgIpc) is 2.69. The Kier molecular flexibility index (Phi) is 5.00. The van der Waals surface area contributed by atoms with Gasteiger partial charge < -0.3 is 15.2 Å². The molecule has 2 N–H and O–H groups in total. The second-order valence-corrected chi connectivity index (χ2v) is 7.47. The molecule has 2 heterocycles. The lowest BCUT2D eigenvalue weighted by atomic mass is 9.80. The van der Waals surface area contributed by atoms with E-state index in [2.05, 4.69) is 34.2 Å². The molecule has 1 aromatic heterocycles. The van der Waals surface area contributed by atoms with Crippen molar-refractivity contribution in [1.82, 2.24) is 5.32 Å². The summed E-state index contributed by atoms with van der Waals surface area (Å²) in [5.41, 5.74) is 0.571. The van der Waals surface area contributed by atoms with Gasteiger partial charge in [-0.3, -0.25) is 4.79 Å². The van der Waals surface area contributed by atoms with Crippen LogP contribution in [0, 0.1) is 12.3 Å². The van der Waals surface area contributed by atoms with Crippen LogP contribution < -0.4 is 5.32 Å². The monoisotopic (exact) mass is 347 g/mol. The summed E-state index contributed by atoms with van der Waals surface area (Å²) >= 11 is 5.16. The fraction of sp³-hybridized carbons (Fsp3) is 0.615. The number of hydrogen-bond donors (Lipinski definition) is 2. The van der Waals surface area contributed by atoms with Gasteiger partial charge in [-0.05, 0) is 47.3 Å². The van der Waals surface area contributed by atoms with Crippen LogP contribution in [0.5, 0.6) is 0 Å². The Balaban J connectivity index is 1.92. The molecule has 0 aliphatic carbocycles. The van der Waals surface area contributed by atoms with Crippen LogP contribution in [-0.4, -0.2) is 30.8 Å². The van der Waals surface area contributed by atoms with Crippen LogP contribution in [0.3, 0.4) is 0 Å². The number of rotatable bonds is 5. The van der Waals surface area contributed by atoms with E-state index >= 15 is 0 Å². The van der Waals surface area contributed by atoms with Crippen molar-refractivity contribution in [3.63, 3.8) is 0 Å². The van der Waals surface area contributed by atoms with Gasteiger partial charge in [-0.15, -0.1) is 11.3 Å². The third-order valence-corrected chi connectivity index (χ3v) is 5.38. The van der Waals surface area contributed by atoms with E-state index in [1.54, 1.807) is 11.3 Å². The number of carbonyl (C=O) groups is 1. The molecule has 0 spiro atoms. The lowest BCUT2D eigenvalue weighted by molar-refractivity contribution is -0.154. The molecule has 0 saturated carbocycles. The molecule has 6 heteroatoms. The molecule has 0 radical (unpaired) electrons. The molecule has 4 nitrogen and oxygen atoms in total. The normalized spacial score (nSPS) is 18.4. The van der Waals surface area contributed by atoms with Crippen LogP contribution >= 0.6 is 27.3 Å². The van der Waals surface area contributed by atoms with Crippen molar-refractivity contribution in [1.29, 1.82) is 0 Å². The highest BCUT2D eigenvalue weighted by Crippen LogP contribution is 2.31. The minimum atomic E-state index is -0.715. The van der Waals surface area contributed by atoms with E-state index in [4.69, 9.17) is 4.74 Å². The Labute approximate surface area is 125 Å². The van der Waals surface area contributed by atoms with Gasteiger partial charge in [0.1, 0.15) is 0 Å². The van der Waals surface area contributed by atoms with Crippen LogP contribution in [-0.2, 0) is 16.1 Å². The molecule has 106 valence electrons. The number of thiophene rings is 1. The third-order valence-electron chi connectivity index (χ3n) is 3.64. The van der Waals surface area contributed by atoms with E-state index in [0.717, 1.165) is 10.3 Å². The molecular formula is C13H18BrNO3S. The van der Waals surface area contributed by atoms with Crippen LogP contribution in [0.2, 0.25) is 0 Å². The van der Waals surface area contributed by atoms with Crippen LogP contribution in [0.25, 0.3) is 0 Å². The number of aliphatic carboxylic acids is 1. The smallest absolute Gasteiger partial charge is 0.311 e. The third kappa shape index (κ3) is 3.56. The molecule has 1 aliphatic rings. The Bertz CT molecular complexity index is 455. The summed E-state index contributed by atoms with van der Waals surface area (Å²) in [4.78, 5) is 12.7. The summed E-state index contributed by atoms with van der Waals surface area (Å²) in [6.07, 6.45) is 1.17. The van der Waals surface area contributed by atoms with Gasteiger partial charge in [0.05, 0.1) is 9.20 Å². The van der Waals surface area contributed by atoms with Crippen molar-refractivity contribution < 1.29 is 14.6 Å². The van der Waals surface area contributed by atoms with E-state index in [-0.39, 0.29) is 0 Å². The Morgan fingerprint density at radius 3 is 2.79 bits per heavy atom. The predicted molar refractivity (Wildman–Crippen MR) is 78.6 cm³/mol. The molecule has 1 fully saturated rings. The lowest BCUT2D eigenvalue weighted by Gasteiger charge is -2.33. The van der Waals surface area contributed by atoms with Crippen molar-refractivity contribution in [2.45, 2.75) is 26.3 Å². The Morgan fingerprint density at radius 2 is 2.26 bits per heavy atom. The SMILES string of the molecule is Cc1cc(Br)sc1CNCC1(C(=O)O)CCOCC1. The van der Waals surface area contributed by atoms with Crippen LogP contribution in [0.1, 0.15) is 23.3 Å². The molecule has 0 bridgehead atoms. The number of hydrogen-bond acceptors (Lipinski definition) is 4. The summed E-state index contributed by atoms with van der Waals surface area (Å²) in [7, 11) is 0. The van der Waals surface area contributed by atoms with Crippen molar-refractivity contribution in [3.8, 4) is 0 Å². The maximum atomic E-state index is 11.5. The average molecular weight is 348 g/mol. The standard InChI is InChI=1S/C13H18BrNO3S/c1-9-6-11(14)19-10(9)7-15-8-13(12(16)17)2-4-18-5-3-13/h6,15H,2-5,7-8H2,1H3,(H,16,17). The molecule has 0 amide bonds. The molecule has 19 heavy (non-hydrogen) atoms. The fourth-order valence-electron chi connectivity index (χ4n) is 2.30. The van der Waals surface area contributed by atoms with Crippen molar-refractivity contribution >= 4 is 33.2 Å². The van der Waals surface area contributed by atoms with Crippen molar-refractivity contribution in [3.05, 3.63) is 20.3 Å². The summed E-state index contributed by atoms with van der Waals surface area (Å²) in [5.74, 6) is -0.715. The highest BCUT2D eigenvalue weighted by molar-refractivity contribution is 9.11. The summed E-state index contributed by atoms with van der Waals surface area (Å²) in [6, 6.07) is 2.09. The lowest BCUT2D eigenvalue weighted by Crippen LogP contribution is -2.44. The molecule has 1 aromatic rings. The largest absolute Gasteiger partial charge is 0.481 e. The number of ether oxygens (including phenoxy) is 1. The highest BCUT2D eigenvalue weighted by atomic mass is 79.9. The summed E-state index contributed by atoms with van der Waals surface area (Å²) < 4.78 is 6.38. The van der Waals surface area contributed by atoms with Gasteiger partial charge in [-0.2, -0.15) is 0 Å². The zero-order valence-electron chi connectivity index (χ0n) is 10.9. The topological polar surface area (TPSA) is 58.6 Å². The fourth-order valence-corrected chi connectivity index (χ4v) is 4.09. The van der Waals surface area contributed by atoms with E-state index in [1.807, 2.05) is 0 Å². The molecular weight excluding hydrogens is 330 g/mol. The Hall–Kier alpha value is -0.430. The first-order valence-electron chi connectivity index (χ1n) is 6.30. The van der Waals surface area contributed by atoms with Gasteiger partial charge in [0.15, 0.2) is 0 Å². The molecule has 0 aromatic carbocycles. The Morgan fingerprint density at radius 1 is 1.58 bits per heavy atom. The number of nitrogens with one attached hydrogen (secondary N) is 1. The molecule has 2 rings (SSSR count). The van der Waals surface area contributed by atoms with Crippen molar-refractivity contribution in [2.75, 3.05) is 19.8 Å². The maximum Gasteiger partial charge on any atom is 0.311 e. The zero-order valence-corrected chi connectivity index (χ0v) is 13.3. The van der Waals surface area contributed by atoms with Crippen LogP contribution in [0.4, 0.5) is 0 Å². The van der Waals surface area contributed by atoms with E-state index < -0.39 is 11.4 Å². The first-order valence-corrected chi connectivity index (χ1v) is 7.91. The number of carboxylic acids is 1. The quantitative estimate of drug-likeness (QED) is 0.859. The van der Waals surface area contributed by atoms with Gasteiger partial charge in [0.2, 0.25) is 0 Å². The predicted octanol–water partition coefficient (Wildman–Crippen LogP) is 2.79.